The zero-order chi connectivity index (χ0) is 13.2. The molecule has 5 nitrogen and oxygen atoms in total. The Balaban J connectivity index is 3.39. The third kappa shape index (κ3) is 3.27. The van der Waals surface area contributed by atoms with Gasteiger partial charge in [-0.2, -0.15) is 0 Å². The number of primary sulfonamides is 1. The second-order valence-electron chi connectivity index (χ2n) is 3.35. The number of rotatable bonds is 3. The van der Waals surface area contributed by atoms with E-state index >= 15 is 0 Å². The molecule has 17 heavy (non-hydrogen) atoms. The minimum absolute atomic E-state index is 0.0880. The fourth-order valence-electron chi connectivity index (χ4n) is 1.28. The molecule has 0 aliphatic heterocycles. The number of hydrogen-bond acceptors (Lipinski definition) is 4. The Bertz CT molecular complexity index is 554. The van der Waals surface area contributed by atoms with Crippen LogP contribution in [-0.2, 0) is 14.8 Å². The summed E-state index contributed by atoms with van der Waals surface area (Å²) >= 11 is 3.18. The lowest BCUT2D eigenvalue weighted by Gasteiger charge is -2.09. The summed E-state index contributed by atoms with van der Waals surface area (Å²) in [5, 5.41) is 5.07. The van der Waals surface area contributed by atoms with Gasteiger partial charge in [0.1, 0.15) is 0 Å². The van der Waals surface area contributed by atoms with Gasteiger partial charge in [-0.15, -0.1) is 0 Å². The standard InChI is InChI=1S/C10H12BrNO4S/c1-3-16-10(13)7-4-8(11)6(2)9(5-7)17(12,14)15/h4-5H,3H2,1-2H3,(H2,12,14,15). The Morgan fingerprint density at radius 3 is 2.53 bits per heavy atom. The third-order valence-corrected chi connectivity index (χ3v) is 3.98. The van der Waals surface area contributed by atoms with E-state index in [2.05, 4.69) is 15.9 Å². The molecule has 0 heterocycles. The summed E-state index contributed by atoms with van der Waals surface area (Å²) in [4.78, 5) is 11.4. The Morgan fingerprint density at radius 1 is 1.47 bits per heavy atom. The zero-order valence-corrected chi connectivity index (χ0v) is 11.8. The fourth-order valence-corrected chi connectivity index (χ4v) is 2.70. The summed E-state index contributed by atoms with van der Waals surface area (Å²) in [5.74, 6) is -0.585. The van der Waals surface area contributed by atoms with Gasteiger partial charge in [-0.1, -0.05) is 15.9 Å². The van der Waals surface area contributed by atoms with Gasteiger partial charge in [0.05, 0.1) is 17.1 Å². The molecule has 7 heteroatoms. The first kappa shape index (κ1) is 14.1. The molecule has 0 fully saturated rings. The van der Waals surface area contributed by atoms with Gasteiger partial charge in [0.2, 0.25) is 10.0 Å². The molecule has 2 N–H and O–H groups in total. The van der Waals surface area contributed by atoms with E-state index in [0.717, 1.165) is 0 Å². The fraction of sp³-hybridized carbons (Fsp3) is 0.300. The quantitative estimate of drug-likeness (QED) is 0.856. The Hall–Kier alpha value is -0.920. The molecule has 0 saturated heterocycles. The van der Waals surface area contributed by atoms with Crippen LogP contribution in [0, 0.1) is 6.92 Å². The van der Waals surface area contributed by atoms with Crippen LogP contribution in [0.3, 0.4) is 0 Å². The molecule has 0 bridgehead atoms. The van der Waals surface area contributed by atoms with Crippen LogP contribution >= 0.6 is 15.9 Å². The SMILES string of the molecule is CCOC(=O)c1cc(Br)c(C)c(S(N)(=O)=O)c1. The van der Waals surface area contributed by atoms with Crippen LogP contribution in [0.25, 0.3) is 0 Å². The normalized spacial score (nSPS) is 11.3. The van der Waals surface area contributed by atoms with Crippen LogP contribution in [0.4, 0.5) is 0 Å². The van der Waals surface area contributed by atoms with Crippen LogP contribution in [0.15, 0.2) is 21.5 Å². The second-order valence-corrected chi connectivity index (χ2v) is 5.73. The van der Waals surface area contributed by atoms with Gasteiger partial charge in [0.15, 0.2) is 0 Å². The van der Waals surface area contributed by atoms with Crippen molar-refractivity contribution in [1.82, 2.24) is 0 Å². The number of hydrogen-bond donors (Lipinski definition) is 1. The van der Waals surface area contributed by atoms with E-state index in [0.29, 0.717) is 10.0 Å². The minimum atomic E-state index is -3.86. The van der Waals surface area contributed by atoms with Crippen molar-refractivity contribution in [3.8, 4) is 0 Å². The predicted octanol–water partition coefficient (Wildman–Crippen LogP) is 1.58. The number of nitrogens with two attached hydrogens (primary N) is 1. The number of ether oxygens (including phenoxy) is 1. The molecule has 0 amide bonds. The number of halogens is 1. The summed E-state index contributed by atoms with van der Waals surface area (Å²) in [6, 6.07) is 2.72. The van der Waals surface area contributed by atoms with Crippen LogP contribution < -0.4 is 5.14 Å². The molecule has 0 spiro atoms. The highest BCUT2D eigenvalue weighted by Crippen LogP contribution is 2.25. The molecule has 0 radical (unpaired) electrons. The van der Waals surface area contributed by atoms with Crippen LogP contribution in [0.5, 0.6) is 0 Å². The number of carbonyl (C=O) groups excluding carboxylic acids is 1. The Labute approximate surface area is 108 Å². The predicted molar refractivity (Wildman–Crippen MR) is 66.2 cm³/mol. The minimum Gasteiger partial charge on any atom is -0.462 e. The molecular weight excluding hydrogens is 310 g/mol. The van der Waals surface area contributed by atoms with Crippen molar-refractivity contribution in [2.45, 2.75) is 18.7 Å². The highest BCUT2D eigenvalue weighted by atomic mass is 79.9. The van der Waals surface area contributed by atoms with E-state index in [1.54, 1.807) is 13.8 Å². The first-order valence-corrected chi connectivity index (χ1v) is 7.11. The highest BCUT2D eigenvalue weighted by Gasteiger charge is 2.18. The van der Waals surface area contributed by atoms with E-state index in [-0.39, 0.29) is 17.1 Å². The first-order chi connectivity index (χ1) is 7.77. The van der Waals surface area contributed by atoms with Gasteiger partial charge in [-0.3, -0.25) is 0 Å². The number of benzene rings is 1. The van der Waals surface area contributed by atoms with Crippen molar-refractivity contribution >= 4 is 31.9 Å². The molecule has 0 saturated carbocycles. The van der Waals surface area contributed by atoms with E-state index in [1.165, 1.54) is 12.1 Å². The molecule has 0 aliphatic rings. The molecule has 0 unspecified atom stereocenters. The average Bonchev–Trinajstić information content (AvgIpc) is 2.20. The smallest absolute Gasteiger partial charge is 0.338 e. The monoisotopic (exact) mass is 321 g/mol. The van der Waals surface area contributed by atoms with E-state index in [9.17, 15) is 13.2 Å². The van der Waals surface area contributed by atoms with Gasteiger partial charge < -0.3 is 4.74 Å². The lowest BCUT2D eigenvalue weighted by atomic mass is 10.1. The van der Waals surface area contributed by atoms with Crippen molar-refractivity contribution in [3.63, 3.8) is 0 Å². The summed E-state index contributed by atoms with van der Waals surface area (Å²) in [7, 11) is -3.86. The number of esters is 1. The summed E-state index contributed by atoms with van der Waals surface area (Å²) in [6.45, 7) is 3.48. The summed E-state index contributed by atoms with van der Waals surface area (Å²) in [5.41, 5.74) is 0.605. The topological polar surface area (TPSA) is 86.5 Å². The Kier molecular flexibility index (Phi) is 4.29. The summed E-state index contributed by atoms with van der Waals surface area (Å²) in [6.07, 6.45) is 0. The maximum Gasteiger partial charge on any atom is 0.338 e. The molecule has 1 aromatic rings. The molecular formula is C10H12BrNO4S. The van der Waals surface area contributed by atoms with Crippen LogP contribution in [-0.4, -0.2) is 21.0 Å². The van der Waals surface area contributed by atoms with Gasteiger partial charge >= 0.3 is 5.97 Å². The maximum atomic E-state index is 11.5. The molecule has 0 aliphatic carbocycles. The molecule has 94 valence electrons. The van der Waals surface area contributed by atoms with Crippen molar-refractivity contribution in [2.75, 3.05) is 6.61 Å². The van der Waals surface area contributed by atoms with E-state index < -0.39 is 16.0 Å². The zero-order valence-electron chi connectivity index (χ0n) is 9.36. The van der Waals surface area contributed by atoms with Crippen molar-refractivity contribution in [2.24, 2.45) is 5.14 Å². The third-order valence-electron chi connectivity index (χ3n) is 2.11. The number of sulfonamides is 1. The van der Waals surface area contributed by atoms with Crippen LogP contribution in [0.2, 0.25) is 0 Å². The average molecular weight is 322 g/mol. The van der Waals surface area contributed by atoms with E-state index in [4.69, 9.17) is 9.88 Å². The van der Waals surface area contributed by atoms with Gasteiger partial charge in [0.25, 0.3) is 0 Å². The van der Waals surface area contributed by atoms with Gasteiger partial charge in [0, 0.05) is 4.47 Å². The molecule has 0 atom stereocenters. The maximum absolute atomic E-state index is 11.5. The van der Waals surface area contributed by atoms with Crippen molar-refractivity contribution < 1.29 is 17.9 Å². The lowest BCUT2D eigenvalue weighted by Crippen LogP contribution is -2.15. The van der Waals surface area contributed by atoms with Crippen LogP contribution in [0.1, 0.15) is 22.8 Å². The molecule has 0 aromatic heterocycles. The molecule has 1 aromatic carbocycles. The Morgan fingerprint density at radius 2 is 2.06 bits per heavy atom. The largest absolute Gasteiger partial charge is 0.462 e. The first-order valence-electron chi connectivity index (χ1n) is 4.77. The molecule has 1 rings (SSSR count). The number of carbonyl (C=O) groups is 1. The van der Waals surface area contributed by atoms with Crippen molar-refractivity contribution in [3.05, 3.63) is 27.7 Å². The van der Waals surface area contributed by atoms with Gasteiger partial charge in [-0.05, 0) is 31.5 Å². The second kappa shape index (κ2) is 5.16. The highest BCUT2D eigenvalue weighted by molar-refractivity contribution is 9.10. The summed E-state index contributed by atoms with van der Waals surface area (Å²) < 4.78 is 28.0. The van der Waals surface area contributed by atoms with E-state index in [1.807, 2.05) is 0 Å². The lowest BCUT2D eigenvalue weighted by molar-refractivity contribution is 0.0526. The van der Waals surface area contributed by atoms with Crippen molar-refractivity contribution in [1.29, 1.82) is 0 Å². The van der Waals surface area contributed by atoms with Gasteiger partial charge in [-0.25, -0.2) is 18.4 Å².